The quantitative estimate of drug-likeness (QED) is 0.186. The fraction of sp³-hybridized carbons (Fsp3) is 0.120. The van der Waals surface area contributed by atoms with Gasteiger partial charge in [0.15, 0.2) is 0 Å². The molecule has 3 aromatic rings. The number of carbonyl (C=O) groups is 4. The molecule has 0 radical (unpaired) electrons. The second-order valence-electron chi connectivity index (χ2n) is 7.98. The molecule has 0 heterocycles. The largest absolute Gasteiger partial charge is 0.326 e. The summed E-state index contributed by atoms with van der Waals surface area (Å²) in [5, 5.41) is 14.0. The van der Waals surface area contributed by atoms with Crippen molar-refractivity contribution in [3.63, 3.8) is 0 Å². The van der Waals surface area contributed by atoms with E-state index in [-0.39, 0.29) is 29.3 Å². The summed E-state index contributed by atoms with van der Waals surface area (Å²) in [6.07, 6.45) is 0.429. The highest BCUT2D eigenvalue weighted by atomic mass is 16.2. The molecule has 0 aromatic heterocycles. The molecule has 3 aromatic carbocycles. The number of hydrogen-bond donors (Lipinski definition) is 3. The maximum Gasteiger partial charge on any atom is 0.323 e. The minimum absolute atomic E-state index is 0.0643. The van der Waals surface area contributed by atoms with E-state index >= 15 is 0 Å². The normalized spacial score (nSPS) is 9.82. The molecular formula is C25H21N9O4. The van der Waals surface area contributed by atoms with Gasteiger partial charge in [-0.25, -0.2) is 4.79 Å². The molecule has 0 aliphatic carbocycles. The van der Waals surface area contributed by atoms with Crippen molar-refractivity contribution in [3.8, 4) is 0 Å². The summed E-state index contributed by atoms with van der Waals surface area (Å²) in [6, 6.07) is 17.5. The van der Waals surface area contributed by atoms with Crippen LogP contribution in [0.15, 0.2) is 77.0 Å². The van der Waals surface area contributed by atoms with Crippen molar-refractivity contribution in [2.75, 3.05) is 16.0 Å². The molecule has 13 heteroatoms. The third-order valence-corrected chi connectivity index (χ3v) is 5.14. The highest BCUT2D eigenvalue weighted by Gasteiger charge is 2.13. The van der Waals surface area contributed by atoms with E-state index in [9.17, 15) is 19.2 Å². The molecule has 0 fully saturated rings. The van der Waals surface area contributed by atoms with Crippen LogP contribution in [0.4, 0.5) is 21.9 Å². The van der Waals surface area contributed by atoms with Crippen molar-refractivity contribution < 1.29 is 19.2 Å². The lowest BCUT2D eigenvalue weighted by Crippen LogP contribution is -2.19. The molecule has 0 saturated heterocycles. The molecule has 190 valence electrons. The van der Waals surface area contributed by atoms with Crippen LogP contribution in [0.5, 0.6) is 0 Å². The van der Waals surface area contributed by atoms with E-state index in [0.717, 1.165) is 17.2 Å². The lowest BCUT2D eigenvalue weighted by Gasteiger charge is -2.10. The fourth-order valence-corrected chi connectivity index (χ4v) is 3.31. The lowest BCUT2D eigenvalue weighted by molar-refractivity contribution is -0.116. The van der Waals surface area contributed by atoms with Crippen LogP contribution in [0.3, 0.4) is 0 Å². The molecule has 3 N–H and O–H groups in total. The molecule has 0 aliphatic heterocycles. The van der Waals surface area contributed by atoms with Gasteiger partial charge in [0.05, 0.1) is 0 Å². The molecule has 0 atom stereocenters. The number of rotatable bonds is 8. The predicted octanol–water partition coefficient (Wildman–Crippen LogP) is 6.11. The zero-order valence-electron chi connectivity index (χ0n) is 20.1. The second-order valence-corrected chi connectivity index (χ2v) is 7.98. The Kier molecular flexibility index (Phi) is 9.14. The number of aryl methyl sites for hydroxylation is 2. The van der Waals surface area contributed by atoms with Gasteiger partial charge in [-0.05, 0) is 82.7 Å². The van der Waals surface area contributed by atoms with E-state index in [1.54, 1.807) is 36.4 Å². The van der Waals surface area contributed by atoms with Gasteiger partial charge in [-0.3, -0.25) is 14.4 Å². The number of amides is 5. The Labute approximate surface area is 216 Å². The van der Waals surface area contributed by atoms with Gasteiger partial charge >= 0.3 is 6.03 Å². The minimum Gasteiger partial charge on any atom is -0.326 e. The molecule has 0 saturated carbocycles. The van der Waals surface area contributed by atoms with Crippen molar-refractivity contribution in [3.05, 3.63) is 110 Å². The predicted molar refractivity (Wildman–Crippen MR) is 141 cm³/mol. The Morgan fingerprint density at radius 1 is 0.711 bits per heavy atom. The van der Waals surface area contributed by atoms with Crippen LogP contribution in [-0.4, -0.2) is 23.8 Å². The van der Waals surface area contributed by atoms with Crippen molar-refractivity contribution >= 4 is 40.8 Å². The zero-order chi connectivity index (χ0) is 27.5. The number of anilines is 3. The van der Waals surface area contributed by atoms with E-state index in [4.69, 9.17) is 11.1 Å². The molecule has 0 bridgehead atoms. The summed E-state index contributed by atoms with van der Waals surface area (Å²) in [6.45, 7) is 1.95. The number of urea groups is 1. The first-order chi connectivity index (χ1) is 18.3. The molecule has 5 amide bonds. The smallest absolute Gasteiger partial charge is 0.323 e. The first-order valence-electron chi connectivity index (χ1n) is 11.1. The standard InChI is InChI=1S/C25H21N9O4/c1-15-2-7-19(8-3-15)29-25(38)30-20-9-4-16(5-10-20)6-11-22(35)28-21-13-17(23(36)31-33-26)12-18(14-21)24(37)32-34-27/h2-5,7-10,12-14H,6,11H2,1H3,(H,28,35)(H2,29,30,38). The number of nitrogens with one attached hydrogen (secondary N) is 3. The van der Waals surface area contributed by atoms with E-state index in [1.807, 2.05) is 19.1 Å². The topological polar surface area (TPSA) is 202 Å². The van der Waals surface area contributed by atoms with Crippen molar-refractivity contribution in [1.82, 2.24) is 0 Å². The average molecular weight is 512 g/mol. The summed E-state index contributed by atoms with van der Waals surface area (Å²) in [4.78, 5) is 53.4. The summed E-state index contributed by atoms with van der Waals surface area (Å²) >= 11 is 0. The molecule has 38 heavy (non-hydrogen) atoms. The average Bonchev–Trinajstić information content (AvgIpc) is 2.89. The van der Waals surface area contributed by atoms with Gasteiger partial charge in [-0.1, -0.05) is 29.8 Å². The van der Waals surface area contributed by atoms with Crippen LogP contribution < -0.4 is 16.0 Å². The Hall–Kier alpha value is -5.64. The number of hydrogen-bond acceptors (Lipinski definition) is 4. The van der Waals surface area contributed by atoms with Gasteiger partial charge in [0.25, 0.3) is 0 Å². The zero-order valence-corrected chi connectivity index (χ0v) is 20.1. The van der Waals surface area contributed by atoms with Crippen molar-refractivity contribution in [2.45, 2.75) is 19.8 Å². The Bertz CT molecular complexity index is 1420. The van der Waals surface area contributed by atoms with Crippen LogP contribution in [-0.2, 0) is 11.2 Å². The van der Waals surface area contributed by atoms with E-state index in [1.165, 1.54) is 12.1 Å². The Morgan fingerprint density at radius 2 is 1.21 bits per heavy atom. The third-order valence-electron chi connectivity index (χ3n) is 5.14. The van der Waals surface area contributed by atoms with Crippen LogP contribution in [0.25, 0.3) is 20.9 Å². The summed E-state index contributed by atoms with van der Waals surface area (Å²) in [5.74, 6) is -2.36. The number of benzene rings is 3. The SMILES string of the molecule is Cc1ccc(NC(=O)Nc2ccc(CCC(=O)Nc3cc(C(=O)N=[N+]=[N-])cc(C(=O)N=[N+]=[N-])c3)cc2)cc1. The summed E-state index contributed by atoms with van der Waals surface area (Å²) in [5.41, 5.74) is 19.9. The molecule has 0 spiro atoms. The van der Waals surface area contributed by atoms with Gasteiger partial charge in [-0.15, -0.1) is 0 Å². The second kappa shape index (κ2) is 12.9. The third kappa shape index (κ3) is 7.95. The van der Waals surface area contributed by atoms with E-state index < -0.39 is 17.7 Å². The van der Waals surface area contributed by atoms with Crippen molar-refractivity contribution in [2.24, 2.45) is 10.2 Å². The number of nitrogens with zero attached hydrogens (tertiary/aromatic N) is 6. The molecule has 0 aliphatic rings. The summed E-state index contributed by atoms with van der Waals surface area (Å²) in [7, 11) is 0. The summed E-state index contributed by atoms with van der Waals surface area (Å²) < 4.78 is 0. The Balaban J connectivity index is 1.59. The van der Waals surface area contributed by atoms with Crippen LogP contribution in [0, 0.1) is 6.92 Å². The van der Waals surface area contributed by atoms with Gasteiger partial charge in [0, 0.05) is 44.4 Å². The monoisotopic (exact) mass is 511 g/mol. The fourth-order valence-electron chi connectivity index (χ4n) is 3.31. The Morgan fingerprint density at radius 3 is 1.71 bits per heavy atom. The maximum absolute atomic E-state index is 12.5. The van der Waals surface area contributed by atoms with Crippen LogP contribution in [0.1, 0.15) is 38.3 Å². The minimum atomic E-state index is -0.972. The number of carbonyl (C=O) groups excluding carboxylic acids is 4. The van der Waals surface area contributed by atoms with Gasteiger partial charge in [0.2, 0.25) is 17.7 Å². The van der Waals surface area contributed by atoms with E-state index in [0.29, 0.717) is 17.8 Å². The van der Waals surface area contributed by atoms with Gasteiger partial charge in [-0.2, -0.15) is 0 Å². The number of azide groups is 2. The lowest BCUT2D eigenvalue weighted by atomic mass is 10.1. The molecule has 13 nitrogen and oxygen atoms in total. The van der Waals surface area contributed by atoms with Gasteiger partial charge < -0.3 is 16.0 Å². The van der Waals surface area contributed by atoms with Crippen LogP contribution >= 0.6 is 0 Å². The maximum atomic E-state index is 12.5. The first kappa shape index (κ1) is 27.0. The van der Waals surface area contributed by atoms with E-state index in [2.05, 4.69) is 36.0 Å². The first-order valence-corrected chi connectivity index (χ1v) is 11.1. The highest BCUT2D eigenvalue weighted by Crippen LogP contribution is 2.19. The molecule has 0 unspecified atom stereocenters. The molecular weight excluding hydrogens is 490 g/mol. The molecule has 3 rings (SSSR count). The van der Waals surface area contributed by atoms with Gasteiger partial charge in [0.1, 0.15) is 0 Å². The highest BCUT2D eigenvalue weighted by molar-refractivity contribution is 6.03. The van der Waals surface area contributed by atoms with Crippen molar-refractivity contribution in [1.29, 1.82) is 0 Å². The van der Waals surface area contributed by atoms with Crippen LogP contribution in [0.2, 0.25) is 0 Å².